The molecule has 1 aliphatic rings. The Bertz CT molecular complexity index is 387. The number of hydrogen-bond donors (Lipinski definition) is 0. The molecular weight excluding hydrogens is 234 g/mol. The number of hydrogen-bond acceptors (Lipinski definition) is 2. The third kappa shape index (κ3) is 1.48. The fraction of sp³-hybridized carbons (Fsp3) is 0.250. The summed E-state index contributed by atoms with van der Waals surface area (Å²) in [5.74, 6) is 0.798. The molecule has 0 aromatic heterocycles. The van der Waals surface area contributed by atoms with Crippen molar-refractivity contribution < 1.29 is 4.74 Å². The Morgan fingerprint density at radius 3 is 3.23 bits per heavy atom. The van der Waals surface area contributed by atoms with Gasteiger partial charge in [-0.2, -0.15) is 0 Å². The lowest BCUT2D eigenvalue weighted by Crippen LogP contribution is -1.94. The van der Waals surface area contributed by atoms with Crippen molar-refractivity contribution in [3.63, 3.8) is 0 Å². The lowest BCUT2D eigenvalue weighted by atomic mass is 10.1. The summed E-state index contributed by atoms with van der Waals surface area (Å²) in [6.07, 6.45) is 0. The minimum atomic E-state index is -0.173. The number of rotatable bonds is 1. The summed E-state index contributed by atoms with van der Waals surface area (Å²) in [5.41, 5.74) is 9.26. The molecule has 1 heterocycles. The first-order valence-electron chi connectivity index (χ1n) is 3.77. The molecule has 0 N–H and O–H groups in total. The van der Waals surface area contributed by atoms with Crippen LogP contribution in [0.2, 0.25) is 0 Å². The monoisotopic (exact) mass is 239 g/mol. The first-order chi connectivity index (χ1) is 6.31. The molecular formula is C8H6BrN3O. The van der Waals surface area contributed by atoms with Gasteiger partial charge in [-0.1, -0.05) is 27.1 Å². The van der Waals surface area contributed by atoms with Crippen LogP contribution in [0.3, 0.4) is 0 Å². The average Bonchev–Trinajstić information content (AvgIpc) is 2.49. The maximum Gasteiger partial charge on any atom is 0.124 e. The molecule has 5 heteroatoms. The topological polar surface area (TPSA) is 58.0 Å². The van der Waals surface area contributed by atoms with Gasteiger partial charge in [0.15, 0.2) is 0 Å². The van der Waals surface area contributed by atoms with Crippen molar-refractivity contribution in [2.75, 3.05) is 6.61 Å². The standard InChI is InChI=1S/C8H6BrN3O/c9-5-1-2-6-7(11-12-10)4-13-8(6)3-5/h1-3,7H,4H2/t7-/m1/s1. The third-order valence-corrected chi connectivity index (χ3v) is 2.42. The number of azide groups is 1. The molecule has 0 saturated carbocycles. The van der Waals surface area contributed by atoms with Gasteiger partial charge in [-0.3, -0.25) is 0 Å². The predicted octanol–water partition coefficient (Wildman–Crippen LogP) is 3.19. The molecule has 0 aliphatic carbocycles. The van der Waals surface area contributed by atoms with Crippen LogP contribution < -0.4 is 4.74 Å². The molecule has 0 unspecified atom stereocenters. The van der Waals surface area contributed by atoms with E-state index in [1.807, 2.05) is 18.2 Å². The zero-order valence-electron chi connectivity index (χ0n) is 6.64. The van der Waals surface area contributed by atoms with Crippen molar-refractivity contribution >= 4 is 15.9 Å². The quantitative estimate of drug-likeness (QED) is 0.422. The second-order valence-corrected chi connectivity index (χ2v) is 3.63. The van der Waals surface area contributed by atoms with Gasteiger partial charge in [0.05, 0.1) is 0 Å². The van der Waals surface area contributed by atoms with Crippen LogP contribution in [0.4, 0.5) is 0 Å². The molecule has 1 atom stereocenters. The second-order valence-electron chi connectivity index (χ2n) is 2.71. The molecule has 0 saturated heterocycles. The molecule has 1 aromatic carbocycles. The van der Waals surface area contributed by atoms with Gasteiger partial charge in [-0.15, -0.1) is 0 Å². The Morgan fingerprint density at radius 2 is 2.46 bits per heavy atom. The van der Waals surface area contributed by atoms with E-state index in [0.717, 1.165) is 15.8 Å². The van der Waals surface area contributed by atoms with Gasteiger partial charge in [0.1, 0.15) is 18.4 Å². The smallest absolute Gasteiger partial charge is 0.124 e. The summed E-state index contributed by atoms with van der Waals surface area (Å²) in [4.78, 5) is 2.77. The summed E-state index contributed by atoms with van der Waals surface area (Å²) in [5, 5.41) is 3.63. The van der Waals surface area contributed by atoms with Crippen LogP contribution >= 0.6 is 15.9 Å². The van der Waals surface area contributed by atoms with Crippen LogP contribution in [0.15, 0.2) is 27.8 Å². The van der Waals surface area contributed by atoms with E-state index in [0.29, 0.717) is 6.61 Å². The van der Waals surface area contributed by atoms with Gasteiger partial charge < -0.3 is 4.74 Å². The minimum absolute atomic E-state index is 0.173. The maximum absolute atomic E-state index is 8.30. The fourth-order valence-electron chi connectivity index (χ4n) is 1.32. The number of benzene rings is 1. The number of fused-ring (bicyclic) bond motifs is 1. The molecule has 1 aliphatic heterocycles. The SMILES string of the molecule is [N-]=[N+]=N[C@@H]1COc2cc(Br)ccc21. The molecule has 0 amide bonds. The number of nitrogens with zero attached hydrogens (tertiary/aromatic N) is 3. The zero-order chi connectivity index (χ0) is 9.26. The zero-order valence-corrected chi connectivity index (χ0v) is 8.23. The largest absolute Gasteiger partial charge is 0.492 e. The van der Waals surface area contributed by atoms with E-state index >= 15 is 0 Å². The lowest BCUT2D eigenvalue weighted by Gasteiger charge is -1.99. The van der Waals surface area contributed by atoms with Crippen LogP contribution in [0.25, 0.3) is 10.4 Å². The van der Waals surface area contributed by atoms with Crippen molar-refractivity contribution in [1.29, 1.82) is 0 Å². The van der Waals surface area contributed by atoms with E-state index < -0.39 is 0 Å². The van der Waals surface area contributed by atoms with E-state index in [9.17, 15) is 0 Å². The molecule has 13 heavy (non-hydrogen) atoms. The van der Waals surface area contributed by atoms with Gasteiger partial charge in [0, 0.05) is 14.9 Å². The van der Waals surface area contributed by atoms with Gasteiger partial charge in [-0.25, -0.2) is 0 Å². The van der Waals surface area contributed by atoms with Crippen molar-refractivity contribution in [1.82, 2.24) is 0 Å². The molecule has 2 rings (SSSR count). The maximum atomic E-state index is 8.30. The van der Waals surface area contributed by atoms with E-state index in [4.69, 9.17) is 10.3 Å². The highest BCUT2D eigenvalue weighted by molar-refractivity contribution is 9.10. The van der Waals surface area contributed by atoms with Crippen LogP contribution in [-0.2, 0) is 0 Å². The van der Waals surface area contributed by atoms with Gasteiger partial charge in [-0.05, 0) is 17.7 Å². The summed E-state index contributed by atoms with van der Waals surface area (Å²) in [6, 6.07) is 5.52. The Labute approximate surface area is 83.3 Å². The first-order valence-corrected chi connectivity index (χ1v) is 4.57. The summed E-state index contributed by atoms with van der Waals surface area (Å²) in [7, 11) is 0. The van der Waals surface area contributed by atoms with Gasteiger partial charge in [0.25, 0.3) is 0 Å². The summed E-state index contributed by atoms with van der Waals surface area (Å²) < 4.78 is 6.32. The highest BCUT2D eigenvalue weighted by atomic mass is 79.9. The molecule has 66 valence electrons. The molecule has 0 bridgehead atoms. The van der Waals surface area contributed by atoms with Gasteiger partial charge >= 0.3 is 0 Å². The van der Waals surface area contributed by atoms with Crippen LogP contribution in [0, 0.1) is 0 Å². The molecule has 0 radical (unpaired) electrons. The Hall–Kier alpha value is -1.19. The normalized spacial score (nSPS) is 18.7. The highest BCUT2D eigenvalue weighted by Crippen LogP contribution is 2.36. The van der Waals surface area contributed by atoms with Crippen molar-refractivity contribution in [3.8, 4) is 5.75 Å². The second kappa shape index (κ2) is 3.28. The van der Waals surface area contributed by atoms with E-state index in [-0.39, 0.29) is 6.04 Å². The van der Waals surface area contributed by atoms with E-state index in [2.05, 4.69) is 26.0 Å². The number of ether oxygens (including phenoxy) is 1. The van der Waals surface area contributed by atoms with Crippen LogP contribution in [0.5, 0.6) is 5.75 Å². The molecule has 4 nitrogen and oxygen atoms in total. The highest BCUT2D eigenvalue weighted by Gasteiger charge is 2.22. The van der Waals surface area contributed by atoms with E-state index in [1.54, 1.807) is 0 Å². The summed E-state index contributed by atoms with van der Waals surface area (Å²) in [6.45, 7) is 0.440. The van der Waals surface area contributed by atoms with Gasteiger partial charge in [0.2, 0.25) is 0 Å². The average molecular weight is 240 g/mol. The fourth-order valence-corrected chi connectivity index (χ4v) is 1.66. The molecule has 0 spiro atoms. The molecule has 1 aromatic rings. The third-order valence-electron chi connectivity index (χ3n) is 1.92. The Kier molecular flexibility index (Phi) is 2.12. The predicted molar refractivity (Wildman–Crippen MR) is 51.5 cm³/mol. The first kappa shape index (κ1) is 8.41. The van der Waals surface area contributed by atoms with Crippen molar-refractivity contribution in [2.24, 2.45) is 5.11 Å². The Morgan fingerprint density at radius 1 is 1.62 bits per heavy atom. The van der Waals surface area contributed by atoms with Crippen LogP contribution in [-0.4, -0.2) is 6.61 Å². The molecule has 0 fully saturated rings. The van der Waals surface area contributed by atoms with Crippen LogP contribution in [0.1, 0.15) is 11.6 Å². The van der Waals surface area contributed by atoms with Crippen molar-refractivity contribution in [2.45, 2.75) is 6.04 Å². The number of halogens is 1. The van der Waals surface area contributed by atoms with E-state index in [1.165, 1.54) is 0 Å². The van der Waals surface area contributed by atoms with Crippen molar-refractivity contribution in [3.05, 3.63) is 38.7 Å². The minimum Gasteiger partial charge on any atom is -0.492 e. The lowest BCUT2D eigenvalue weighted by molar-refractivity contribution is 0.333. The summed E-state index contributed by atoms with van der Waals surface area (Å²) >= 11 is 3.34. The Balaban J connectivity index is 2.43.